The van der Waals surface area contributed by atoms with Crippen molar-refractivity contribution in [1.29, 1.82) is 0 Å². The Morgan fingerprint density at radius 2 is 1.82 bits per heavy atom. The molecule has 0 saturated carbocycles. The van der Waals surface area contributed by atoms with E-state index in [1.54, 1.807) is 21.1 Å². The Kier molecular flexibility index (Phi) is 7.34. The van der Waals surface area contributed by atoms with Crippen LogP contribution in [0, 0.1) is 12.8 Å². The molecule has 1 saturated heterocycles. The number of hydrogen-bond acceptors (Lipinski definition) is 5. The van der Waals surface area contributed by atoms with E-state index in [4.69, 9.17) is 0 Å². The summed E-state index contributed by atoms with van der Waals surface area (Å²) >= 11 is 1.61. The quantitative estimate of drug-likeness (QED) is 0.468. The second kappa shape index (κ2) is 10.7. The van der Waals surface area contributed by atoms with Crippen LogP contribution in [0.1, 0.15) is 66.8 Å². The number of thiazole rings is 1. The number of carbonyl (C=O) groups is 3. The third kappa shape index (κ3) is 4.85. The van der Waals surface area contributed by atoms with Gasteiger partial charge in [-0.05, 0) is 55.4 Å². The molecular formula is C30H34N4O3S. The van der Waals surface area contributed by atoms with Gasteiger partial charge in [-0.3, -0.25) is 14.4 Å². The molecule has 1 fully saturated rings. The maximum absolute atomic E-state index is 13.9. The van der Waals surface area contributed by atoms with Gasteiger partial charge in [0.1, 0.15) is 12.1 Å². The smallest absolute Gasteiger partial charge is 0.255 e. The standard InChI is InChI=1S/C30H34N4O3S/c1-18(2)26(34-16-23-8-5-6-9-24(23)29(34)36)30(37)33-15-7-10-25(33)28(35)32-19(3)21-11-13-22(14-12-21)27-20(4)31-17-38-27/h5-6,8-9,11-14,17-19,25-26H,7,10,15-16H2,1-4H3,(H,32,35)/t19?,25?,26-/m0/s1. The Labute approximate surface area is 227 Å². The highest BCUT2D eigenvalue weighted by Gasteiger charge is 2.43. The first-order valence-electron chi connectivity index (χ1n) is 13.3. The van der Waals surface area contributed by atoms with Crippen LogP contribution in [-0.2, 0) is 16.1 Å². The molecule has 2 aliphatic heterocycles. The predicted molar refractivity (Wildman–Crippen MR) is 149 cm³/mol. The van der Waals surface area contributed by atoms with E-state index in [-0.39, 0.29) is 29.7 Å². The van der Waals surface area contributed by atoms with Crippen molar-refractivity contribution in [3.8, 4) is 10.4 Å². The van der Waals surface area contributed by atoms with Crippen LogP contribution in [0.15, 0.2) is 54.0 Å². The van der Waals surface area contributed by atoms with Crippen molar-refractivity contribution in [3.63, 3.8) is 0 Å². The van der Waals surface area contributed by atoms with Gasteiger partial charge in [0.05, 0.1) is 22.1 Å². The van der Waals surface area contributed by atoms with Crippen LogP contribution >= 0.6 is 11.3 Å². The molecule has 8 heteroatoms. The van der Waals surface area contributed by atoms with Gasteiger partial charge < -0.3 is 15.1 Å². The zero-order valence-corrected chi connectivity index (χ0v) is 23.1. The third-order valence-electron chi connectivity index (χ3n) is 7.69. The molecule has 2 unspecified atom stereocenters. The van der Waals surface area contributed by atoms with Gasteiger partial charge in [0.15, 0.2) is 0 Å². The Morgan fingerprint density at radius 3 is 2.47 bits per heavy atom. The number of amides is 3. The molecule has 5 rings (SSSR count). The third-order valence-corrected chi connectivity index (χ3v) is 8.66. The molecule has 2 aromatic carbocycles. The molecule has 1 N–H and O–H groups in total. The molecule has 3 amide bonds. The number of benzene rings is 2. The number of nitrogens with one attached hydrogen (secondary N) is 1. The van der Waals surface area contributed by atoms with Gasteiger partial charge in [0, 0.05) is 18.7 Å². The molecule has 0 spiro atoms. The van der Waals surface area contributed by atoms with Crippen molar-refractivity contribution in [2.45, 2.75) is 65.2 Å². The average molecular weight is 531 g/mol. The van der Waals surface area contributed by atoms with Gasteiger partial charge in [-0.15, -0.1) is 11.3 Å². The van der Waals surface area contributed by atoms with E-state index in [2.05, 4.69) is 22.4 Å². The molecule has 3 heterocycles. The molecule has 3 atom stereocenters. The van der Waals surface area contributed by atoms with E-state index in [0.717, 1.165) is 33.7 Å². The molecular weight excluding hydrogens is 496 g/mol. The lowest BCUT2D eigenvalue weighted by Crippen LogP contribution is -2.55. The van der Waals surface area contributed by atoms with E-state index in [0.29, 0.717) is 25.1 Å². The van der Waals surface area contributed by atoms with E-state index in [9.17, 15) is 14.4 Å². The maximum atomic E-state index is 13.9. The normalized spacial score (nSPS) is 18.6. The van der Waals surface area contributed by atoms with Crippen molar-refractivity contribution in [2.75, 3.05) is 6.54 Å². The number of aromatic nitrogens is 1. The van der Waals surface area contributed by atoms with Crippen LogP contribution in [0.4, 0.5) is 0 Å². The van der Waals surface area contributed by atoms with Crippen LogP contribution in [0.25, 0.3) is 10.4 Å². The predicted octanol–water partition coefficient (Wildman–Crippen LogP) is 4.97. The van der Waals surface area contributed by atoms with Gasteiger partial charge in [-0.1, -0.05) is 56.3 Å². The molecule has 198 valence electrons. The number of carbonyl (C=O) groups excluding carboxylic acids is 3. The van der Waals surface area contributed by atoms with Crippen molar-refractivity contribution >= 4 is 29.1 Å². The summed E-state index contributed by atoms with van der Waals surface area (Å²) < 4.78 is 0. The second-order valence-electron chi connectivity index (χ2n) is 10.6. The van der Waals surface area contributed by atoms with Crippen molar-refractivity contribution in [2.24, 2.45) is 5.92 Å². The van der Waals surface area contributed by atoms with Gasteiger partial charge in [-0.25, -0.2) is 4.98 Å². The number of nitrogens with zero attached hydrogens (tertiary/aromatic N) is 3. The Bertz CT molecular complexity index is 1350. The molecule has 7 nitrogen and oxygen atoms in total. The Balaban J connectivity index is 1.28. The molecule has 0 bridgehead atoms. The first kappa shape index (κ1) is 26.1. The first-order valence-corrected chi connectivity index (χ1v) is 14.1. The zero-order chi connectivity index (χ0) is 27.0. The number of fused-ring (bicyclic) bond motifs is 1. The molecule has 0 radical (unpaired) electrons. The fourth-order valence-corrected chi connectivity index (χ4v) is 6.46. The Morgan fingerprint density at radius 1 is 1.08 bits per heavy atom. The summed E-state index contributed by atoms with van der Waals surface area (Å²) in [4.78, 5) is 49.3. The van der Waals surface area contributed by atoms with Crippen molar-refractivity contribution in [1.82, 2.24) is 20.1 Å². The molecule has 38 heavy (non-hydrogen) atoms. The first-order chi connectivity index (χ1) is 18.3. The minimum atomic E-state index is -0.608. The fourth-order valence-electron chi connectivity index (χ4n) is 5.65. The van der Waals surface area contributed by atoms with Crippen LogP contribution in [0.3, 0.4) is 0 Å². The lowest BCUT2D eigenvalue weighted by Gasteiger charge is -2.35. The summed E-state index contributed by atoms with van der Waals surface area (Å²) in [7, 11) is 0. The number of likely N-dealkylation sites (tertiary alicyclic amines) is 1. The largest absolute Gasteiger partial charge is 0.348 e. The summed E-state index contributed by atoms with van der Waals surface area (Å²) in [6, 6.07) is 14.3. The van der Waals surface area contributed by atoms with Crippen LogP contribution in [0.5, 0.6) is 0 Å². The van der Waals surface area contributed by atoms with Gasteiger partial charge >= 0.3 is 0 Å². The summed E-state index contributed by atoms with van der Waals surface area (Å²) in [6.45, 7) is 8.82. The van der Waals surface area contributed by atoms with Crippen LogP contribution in [-0.4, -0.2) is 51.1 Å². The lowest BCUT2D eigenvalue weighted by atomic mass is 10.00. The highest BCUT2D eigenvalue weighted by atomic mass is 32.1. The van der Waals surface area contributed by atoms with E-state index in [1.807, 2.05) is 69.6 Å². The van der Waals surface area contributed by atoms with E-state index in [1.165, 1.54) is 0 Å². The van der Waals surface area contributed by atoms with Crippen LogP contribution < -0.4 is 5.32 Å². The zero-order valence-electron chi connectivity index (χ0n) is 22.3. The Hall–Kier alpha value is -3.52. The number of aryl methyl sites for hydroxylation is 1. The van der Waals surface area contributed by atoms with E-state index < -0.39 is 12.1 Å². The van der Waals surface area contributed by atoms with E-state index >= 15 is 0 Å². The molecule has 0 aliphatic carbocycles. The second-order valence-corrected chi connectivity index (χ2v) is 11.4. The number of hydrogen-bond donors (Lipinski definition) is 1. The maximum Gasteiger partial charge on any atom is 0.255 e. The topological polar surface area (TPSA) is 82.6 Å². The lowest BCUT2D eigenvalue weighted by molar-refractivity contribution is -0.143. The van der Waals surface area contributed by atoms with Crippen molar-refractivity contribution in [3.05, 3.63) is 76.4 Å². The van der Waals surface area contributed by atoms with Crippen molar-refractivity contribution < 1.29 is 14.4 Å². The van der Waals surface area contributed by atoms with Gasteiger partial charge in [0.25, 0.3) is 5.91 Å². The summed E-state index contributed by atoms with van der Waals surface area (Å²) in [5.74, 6) is -0.483. The molecule has 3 aromatic rings. The fraction of sp³-hybridized carbons (Fsp3) is 0.400. The van der Waals surface area contributed by atoms with Crippen LogP contribution in [0.2, 0.25) is 0 Å². The SMILES string of the molecule is Cc1ncsc1-c1ccc(C(C)NC(=O)C2CCCN2C(=O)[C@H](C(C)C)N2Cc3ccccc3C2=O)cc1. The molecule has 2 aliphatic rings. The van der Waals surface area contributed by atoms with Gasteiger partial charge in [-0.2, -0.15) is 0 Å². The summed E-state index contributed by atoms with van der Waals surface area (Å²) in [6.07, 6.45) is 1.38. The minimum absolute atomic E-state index is 0.0790. The highest BCUT2D eigenvalue weighted by Crippen LogP contribution is 2.31. The minimum Gasteiger partial charge on any atom is -0.348 e. The number of rotatable bonds is 7. The monoisotopic (exact) mass is 530 g/mol. The average Bonchev–Trinajstić information content (AvgIpc) is 3.64. The molecule has 1 aromatic heterocycles. The summed E-state index contributed by atoms with van der Waals surface area (Å²) in [5.41, 5.74) is 6.57. The highest BCUT2D eigenvalue weighted by molar-refractivity contribution is 7.13. The van der Waals surface area contributed by atoms with Gasteiger partial charge in [0.2, 0.25) is 11.8 Å². The summed E-state index contributed by atoms with van der Waals surface area (Å²) in [5, 5.41) is 3.13.